The number of carbonyl (C=O) groups is 1. The summed E-state index contributed by atoms with van der Waals surface area (Å²) < 4.78 is 7.21. The number of hydrogen-bond donors (Lipinski definition) is 0. The van der Waals surface area contributed by atoms with E-state index < -0.39 is 0 Å². The number of amides is 1. The molecule has 1 aliphatic heterocycles. The second-order valence-electron chi connectivity index (χ2n) is 8.28. The number of nitrogens with zero attached hydrogens (tertiary/aromatic N) is 7. The minimum absolute atomic E-state index is 0.0786. The monoisotopic (exact) mass is 407 g/mol. The molecule has 0 radical (unpaired) electrons. The molecule has 2 aromatic heterocycles. The molecule has 1 aliphatic carbocycles. The average molecular weight is 407 g/mol. The molecule has 1 amide bonds. The summed E-state index contributed by atoms with van der Waals surface area (Å²) in [6.07, 6.45) is 5.79. The normalized spacial score (nSPS) is 17.3. The molecule has 156 valence electrons. The lowest BCUT2D eigenvalue weighted by molar-refractivity contribution is 0.0689. The zero-order valence-electron chi connectivity index (χ0n) is 17.2. The van der Waals surface area contributed by atoms with Gasteiger partial charge >= 0.3 is 0 Å². The van der Waals surface area contributed by atoms with E-state index >= 15 is 0 Å². The van der Waals surface area contributed by atoms with Gasteiger partial charge in [-0.05, 0) is 43.9 Å². The molecular weight excluding hydrogens is 382 g/mol. The van der Waals surface area contributed by atoms with Gasteiger partial charge in [-0.2, -0.15) is 4.98 Å². The maximum atomic E-state index is 12.9. The summed E-state index contributed by atoms with van der Waals surface area (Å²) in [5.41, 5.74) is 2.36. The zero-order chi connectivity index (χ0) is 20.7. The molecule has 2 aliphatic rings. The smallest absolute Gasteiger partial charge is 0.280 e. The Labute approximate surface area is 174 Å². The Balaban J connectivity index is 1.22. The lowest BCUT2D eigenvalue weighted by atomic mass is 10.0. The second-order valence-corrected chi connectivity index (χ2v) is 8.28. The zero-order valence-corrected chi connectivity index (χ0v) is 17.2. The SMILES string of the molecule is CN(C)c1cccc(C(=O)N2CCC(n3cc(-c4nc(C5CC5)no4)nn3)CC2)c1. The van der Waals surface area contributed by atoms with Crippen LogP contribution in [0.1, 0.15) is 53.8 Å². The Kier molecular flexibility index (Phi) is 4.72. The Hall–Kier alpha value is -3.23. The lowest BCUT2D eigenvalue weighted by Gasteiger charge is -2.32. The van der Waals surface area contributed by atoms with Crippen molar-refractivity contribution < 1.29 is 9.32 Å². The van der Waals surface area contributed by atoms with Crippen molar-refractivity contribution in [3.05, 3.63) is 41.9 Å². The summed E-state index contributed by atoms with van der Waals surface area (Å²) in [7, 11) is 3.95. The van der Waals surface area contributed by atoms with E-state index in [4.69, 9.17) is 4.52 Å². The van der Waals surface area contributed by atoms with Crippen LogP contribution in [0.3, 0.4) is 0 Å². The first-order valence-electron chi connectivity index (χ1n) is 10.4. The molecule has 0 N–H and O–H groups in total. The largest absolute Gasteiger partial charge is 0.378 e. The molecule has 0 unspecified atom stereocenters. The number of aromatic nitrogens is 5. The first-order valence-corrected chi connectivity index (χ1v) is 10.4. The number of hydrogen-bond acceptors (Lipinski definition) is 7. The fourth-order valence-corrected chi connectivity index (χ4v) is 3.83. The van der Waals surface area contributed by atoms with Gasteiger partial charge in [0.25, 0.3) is 11.8 Å². The fraction of sp³-hybridized carbons (Fsp3) is 0.476. The molecule has 1 saturated carbocycles. The molecule has 30 heavy (non-hydrogen) atoms. The van der Waals surface area contributed by atoms with Crippen LogP contribution in [0.5, 0.6) is 0 Å². The third-order valence-corrected chi connectivity index (χ3v) is 5.85. The number of likely N-dealkylation sites (tertiary alicyclic amines) is 1. The van der Waals surface area contributed by atoms with E-state index in [-0.39, 0.29) is 11.9 Å². The van der Waals surface area contributed by atoms with Gasteiger partial charge in [0.2, 0.25) is 0 Å². The highest BCUT2D eigenvalue weighted by molar-refractivity contribution is 5.95. The van der Waals surface area contributed by atoms with Crippen LogP contribution >= 0.6 is 0 Å². The molecule has 0 spiro atoms. The topological polar surface area (TPSA) is 93.2 Å². The molecule has 9 nitrogen and oxygen atoms in total. The van der Waals surface area contributed by atoms with Gasteiger partial charge in [0.05, 0.1) is 12.2 Å². The van der Waals surface area contributed by atoms with Gasteiger partial charge in [-0.15, -0.1) is 5.10 Å². The number of anilines is 1. The van der Waals surface area contributed by atoms with Crippen LogP contribution in [0, 0.1) is 0 Å². The highest BCUT2D eigenvalue weighted by atomic mass is 16.5. The van der Waals surface area contributed by atoms with Crippen LogP contribution in [0.25, 0.3) is 11.6 Å². The minimum atomic E-state index is 0.0786. The standard InChI is InChI=1S/C21H25N7O2/c1-26(2)17-5-3-4-15(12-17)21(29)27-10-8-16(9-11-27)28-13-18(23-25-28)20-22-19(24-30-20)14-6-7-14/h3-5,12-14,16H,6-11H2,1-2H3. The van der Waals surface area contributed by atoms with E-state index in [1.165, 1.54) is 0 Å². The summed E-state index contributed by atoms with van der Waals surface area (Å²) in [6.45, 7) is 1.38. The van der Waals surface area contributed by atoms with E-state index in [1.54, 1.807) is 0 Å². The lowest BCUT2D eigenvalue weighted by Crippen LogP contribution is -2.39. The summed E-state index contributed by atoms with van der Waals surface area (Å²) in [5, 5.41) is 12.5. The molecule has 2 fully saturated rings. The minimum Gasteiger partial charge on any atom is -0.378 e. The van der Waals surface area contributed by atoms with Crippen molar-refractivity contribution in [2.45, 2.75) is 37.6 Å². The average Bonchev–Trinajstić information content (AvgIpc) is 3.30. The fourth-order valence-electron chi connectivity index (χ4n) is 3.83. The van der Waals surface area contributed by atoms with E-state index in [1.807, 2.05) is 59.0 Å². The van der Waals surface area contributed by atoms with Crippen LogP contribution in [-0.4, -0.2) is 63.1 Å². The Bertz CT molecular complexity index is 1050. The molecular formula is C21H25N7O2. The second kappa shape index (κ2) is 7.55. The van der Waals surface area contributed by atoms with Crippen LogP contribution in [-0.2, 0) is 0 Å². The van der Waals surface area contributed by atoms with Crippen LogP contribution in [0.2, 0.25) is 0 Å². The van der Waals surface area contributed by atoms with Gasteiger partial charge in [-0.3, -0.25) is 4.79 Å². The molecule has 3 aromatic rings. The van der Waals surface area contributed by atoms with Crippen molar-refractivity contribution in [1.82, 2.24) is 30.0 Å². The predicted molar refractivity (Wildman–Crippen MR) is 110 cm³/mol. The van der Waals surface area contributed by atoms with Gasteiger partial charge in [0.1, 0.15) is 0 Å². The van der Waals surface area contributed by atoms with Gasteiger partial charge < -0.3 is 14.3 Å². The van der Waals surface area contributed by atoms with Gasteiger partial charge in [-0.1, -0.05) is 16.4 Å². The van der Waals surface area contributed by atoms with Crippen molar-refractivity contribution in [2.75, 3.05) is 32.1 Å². The Morgan fingerprint density at radius 2 is 1.97 bits per heavy atom. The third kappa shape index (κ3) is 3.67. The molecule has 9 heteroatoms. The molecule has 3 heterocycles. The summed E-state index contributed by atoms with van der Waals surface area (Å²) >= 11 is 0. The summed E-state index contributed by atoms with van der Waals surface area (Å²) in [6, 6.07) is 7.96. The quantitative estimate of drug-likeness (QED) is 0.642. The molecule has 0 bridgehead atoms. The first kappa shape index (κ1) is 18.8. The van der Waals surface area contributed by atoms with Crippen LogP contribution in [0.4, 0.5) is 5.69 Å². The molecule has 0 atom stereocenters. The highest BCUT2D eigenvalue weighted by Crippen LogP contribution is 2.38. The number of rotatable bonds is 5. The third-order valence-electron chi connectivity index (χ3n) is 5.85. The number of carbonyl (C=O) groups excluding carboxylic acids is 1. The molecule has 1 aromatic carbocycles. The maximum Gasteiger partial charge on any atom is 0.280 e. The van der Waals surface area contributed by atoms with E-state index in [2.05, 4.69) is 20.5 Å². The van der Waals surface area contributed by atoms with Crippen molar-refractivity contribution in [2.24, 2.45) is 0 Å². The van der Waals surface area contributed by atoms with Crippen molar-refractivity contribution in [1.29, 1.82) is 0 Å². The van der Waals surface area contributed by atoms with E-state index in [9.17, 15) is 4.79 Å². The first-order chi connectivity index (χ1) is 14.6. The predicted octanol–water partition coefficient (Wildman–Crippen LogP) is 2.75. The Morgan fingerprint density at radius 1 is 1.17 bits per heavy atom. The van der Waals surface area contributed by atoms with E-state index in [0.29, 0.717) is 30.6 Å². The van der Waals surface area contributed by atoms with Crippen molar-refractivity contribution in [3.8, 4) is 11.6 Å². The van der Waals surface area contributed by atoms with E-state index in [0.717, 1.165) is 42.8 Å². The number of benzene rings is 1. The van der Waals surface area contributed by atoms with Gasteiger partial charge in [0.15, 0.2) is 11.5 Å². The van der Waals surface area contributed by atoms with Gasteiger partial charge in [-0.25, -0.2) is 4.68 Å². The summed E-state index contributed by atoms with van der Waals surface area (Å²) in [5.74, 6) is 1.72. The van der Waals surface area contributed by atoms with Crippen molar-refractivity contribution >= 4 is 11.6 Å². The number of piperidine rings is 1. The highest BCUT2D eigenvalue weighted by Gasteiger charge is 2.30. The summed E-state index contributed by atoms with van der Waals surface area (Å²) in [4.78, 5) is 21.3. The van der Waals surface area contributed by atoms with Crippen LogP contribution < -0.4 is 4.90 Å². The van der Waals surface area contributed by atoms with Gasteiger partial charge in [0, 0.05) is 44.4 Å². The molecule has 1 saturated heterocycles. The van der Waals surface area contributed by atoms with Crippen molar-refractivity contribution in [3.63, 3.8) is 0 Å². The Morgan fingerprint density at radius 3 is 2.70 bits per heavy atom. The molecule has 5 rings (SSSR count). The maximum absolute atomic E-state index is 12.9. The van der Waals surface area contributed by atoms with Crippen LogP contribution in [0.15, 0.2) is 35.0 Å².